The quantitative estimate of drug-likeness (QED) is 0.910. The molecule has 0 aromatic heterocycles. The Morgan fingerprint density at radius 2 is 1.95 bits per heavy atom. The summed E-state index contributed by atoms with van der Waals surface area (Å²) in [6.07, 6.45) is 4.23. The van der Waals surface area contributed by atoms with Crippen molar-refractivity contribution in [2.45, 2.75) is 25.3 Å². The average Bonchev–Trinajstić information content (AvgIpc) is 2.49. The average molecular weight is 338 g/mol. The van der Waals surface area contributed by atoms with Crippen molar-refractivity contribution in [2.24, 2.45) is 0 Å². The van der Waals surface area contributed by atoms with Gasteiger partial charge in [-0.15, -0.1) is 0 Å². The van der Waals surface area contributed by atoms with E-state index in [1.807, 2.05) is 0 Å². The number of piperazine rings is 1. The molecule has 2 aliphatic heterocycles. The van der Waals surface area contributed by atoms with E-state index in [0.29, 0.717) is 0 Å². The highest BCUT2D eigenvalue weighted by atomic mass is 79.9. The Balaban J connectivity index is 1.41. The number of nitrogens with one attached hydrogen (secondary N) is 1. The first-order valence-corrected chi connectivity index (χ1v) is 8.56. The lowest BCUT2D eigenvalue weighted by atomic mass is 9.99. The molecule has 3 rings (SSSR count). The van der Waals surface area contributed by atoms with E-state index < -0.39 is 0 Å². The SMILES string of the molecule is Brc1ccc(NCCN2CCN3CCCCC3C2)cc1. The van der Waals surface area contributed by atoms with Crippen molar-refractivity contribution in [3.63, 3.8) is 0 Å². The molecule has 110 valence electrons. The Labute approximate surface area is 130 Å². The number of hydrogen-bond donors (Lipinski definition) is 1. The molecule has 0 radical (unpaired) electrons. The van der Waals surface area contributed by atoms with Crippen LogP contribution in [0.3, 0.4) is 0 Å². The number of nitrogens with zero attached hydrogens (tertiary/aromatic N) is 2. The molecule has 4 heteroatoms. The monoisotopic (exact) mass is 337 g/mol. The summed E-state index contributed by atoms with van der Waals surface area (Å²) in [5, 5.41) is 3.52. The molecule has 1 aromatic rings. The van der Waals surface area contributed by atoms with Gasteiger partial charge in [-0.2, -0.15) is 0 Å². The zero-order valence-corrected chi connectivity index (χ0v) is 13.6. The van der Waals surface area contributed by atoms with Gasteiger partial charge in [-0.25, -0.2) is 0 Å². The first-order valence-electron chi connectivity index (χ1n) is 7.77. The van der Waals surface area contributed by atoms with E-state index >= 15 is 0 Å². The number of fused-ring (bicyclic) bond motifs is 1. The number of anilines is 1. The van der Waals surface area contributed by atoms with E-state index in [1.165, 1.54) is 51.1 Å². The van der Waals surface area contributed by atoms with Gasteiger partial charge in [0.2, 0.25) is 0 Å². The van der Waals surface area contributed by atoms with Crippen molar-refractivity contribution >= 4 is 21.6 Å². The summed E-state index contributed by atoms with van der Waals surface area (Å²) < 4.78 is 1.14. The van der Waals surface area contributed by atoms with Crippen molar-refractivity contribution in [1.82, 2.24) is 9.80 Å². The molecule has 2 fully saturated rings. The van der Waals surface area contributed by atoms with Crippen molar-refractivity contribution in [2.75, 3.05) is 44.6 Å². The number of rotatable bonds is 4. The van der Waals surface area contributed by atoms with Crippen LogP contribution in [0.2, 0.25) is 0 Å². The maximum atomic E-state index is 3.52. The van der Waals surface area contributed by atoms with E-state index in [4.69, 9.17) is 0 Å². The van der Waals surface area contributed by atoms with Crippen LogP contribution in [0.15, 0.2) is 28.7 Å². The fourth-order valence-electron chi connectivity index (χ4n) is 3.35. The number of benzene rings is 1. The Kier molecular flexibility index (Phi) is 4.97. The molecule has 3 nitrogen and oxygen atoms in total. The number of piperidine rings is 1. The van der Waals surface area contributed by atoms with Crippen LogP contribution in [-0.2, 0) is 0 Å². The van der Waals surface area contributed by atoms with Gasteiger partial charge in [0.1, 0.15) is 0 Å². The second kappa shape index (κ2) is 6.92. The maximum Gasteiger partial charge on any atom is 0.0341 e. The molecule has 2 aliphatic rings. The number of halogens is 1. The minimum Gasteiger partial charge on any atom is -0.384 e. The van der Waals surface area contributed by atoms with Gasteiger partial charge >= 0.3 is 0 Å². The van der Waals surface area contributed by atoms with E-state index in [0.717, 1.165) is 23.6 Å². The molecular weight excluding hydrogens is 314 g/mol. The standard InChI is InChI=1S/C16H24BrN3/c17-14-4-6-15(7-5-14)18-8-10-19-11-12-20-9-2-1-3-16(20)13-19/h4-7,16,18H,1-3,8-13H2. The van der Waals surface area contributed by atoms with Gasteiger partial charge < -0.3 is 5.32 Å². The van der Waals surface area contributed by atoms with Gasteiger partial charge in [0.05, 0.1) is 0 Å². The fraction of sp³-hybridized carbons (Fsp3) is 0.625. The summed E-state index contributed by atoms with van der Waals surface area (Å²) in [7, 11) is 0. The molecule has 1 aromatic carbocycles. The third-order valence-electron chi connectivity index (χ3n) is 4.52. The Hall–Kier alpha value is -0.580. The van der Waals surface area contributed by atoms with Gasteiger partial charge in [0.15, 0.2) is 0 Å². The second-order valence-electron chi connectivity index (χ2n) is 5.92. The Bertz CT molecular complexity index is 420. The summed E-state index contributed by atoms with van der Waals surface area (Å²) in [6.45, 7) is 7.29. The molecule has 1 N–H and O–H groups in total. The molecule has 20 heavy (non-hydrogen) atoms. The smallest absolute Gasteiger partial charge is 0.0341 e. The summed E-state index contributed by atoms with van der Waals surface area (Å²) in [5.74, 6) is 0. The predicted octanol–water partition coefficient (Wildman–Crippen LogP) is 3.03. The summed E-state index contributed by atoms with van der Waals surface area (Å²) in [6, 6.07) is 9.25. The first kappa shape index (κ1) is 14.4. The van der Waals surface area contributed by atoms with E-state index in [1.54, 1.807) is 0 Å². The van der Waals surface area contributed by atoms with Crippen molar-refractivity contribution in [3.05, 3.63) is 28.7 Å². The largest absolute Gasteiger partial charge is 0.384 e. The van der Waals surface area contributed by atoms with Gasteiger partial charge in [0, 0.05) is 48.9 Å². The molecule has 0 bridgehead atoms. The van der Waals surface area contributed by atoms with Crippen LogP contribution in [0, 0.1) is 0 Å². The summed E-state index contributed by atoms with van der Waals surface area (Å²) in [4.78, 5) is 5.32. The predicted molar refractivity (Wildman–Crippen MR) is 88.3 cm³/mol. The molecule has 0 spiro atoms. The van der Waals surface area contributed by atoms with Gasteiger partial charge in [-0.05, 0) is 43.7 Å². The van der Waals surface area contributed by atoms with Crippen LogP contribution in [0.25, 0.3) is 0 Å². The Morgan fingerprint density at radius 1 is 1.10 bits per heavy atom. The third kappa shape index (κ3) is 3.74. The number of hydrogen-bond acceptors (Lipinski definition) is 3. The van der Waals surface area contributed by atoms with Crippen LogP contribution < -0.4 is 5.32 Å². The highest BCUT2D eigenvalue weighted by Gasteiger charge is 2.28. The van der Waals surface area contributed by atoms with Crippen LogP contribution in [-0.4, -0.2) is 55.1 Å². The molecule has 1 unspecified atom stereocenters. The topological polar surface area (TPSA) is 18.5 Å². The molecule has 0 amide bonds. The summed E-state index contributed by atoms with van der Waals surface area (Å²) >= 11 is 3.47. The molecule has 0 saturated carbocycles. The normalized spacial score (nSPS) is 24.4. The highest BCUT2D eigenvalue weighted by molar-refractivity contribution is 9.10. The van der Waals surface area contributed by atoms with Crippen LogP contribution in [0.1, 0.15) is 19.3 Å². The molecule has 0 aliphatic carbocycles. The molecular formula is C16H24BrN3. The lowest BCUT2D eigenvalue weighted by Gasteiger charge is -2.44. The van der Waals surface area contributed by atoms with Gasteiger partial charge in [0.25, 0.3) is 0 Å². The van der Waals surface area contributed by atoms with Gasteiger partial charge in [-0.3, -0.25) is 9.80 Å². The molecule has 2 heterocycles. The highest BCUT2D eigenvalue weighted by Crippen LogP contribution is 2.21. The summed E-state index contributed by atoms with van der Waals surface area (Å²) in [5.41, 5.74) is 1.21. The van der Waals surface area contributed by atoms with Crippen molar-refractivity contribution in [3.8, 4) is 0 Å². The third-order valence-corrected chi connectivity index (χ3v) is 5.05. The minimum absolute atomic E-state index is 0.824. The second-order valence-corrected chi connectivity index (χ2v) is 6.84. The fourth-order valence-corrected chi connectivity index (χ4v) is 3.61. The van der Waals surface area contributed by atoms with Crippen LogP contribution >= 0.6 is 15.9 Å². The molecule has 1 atom stereocenters. The maximum absolute atomic E-state index is 3.52. The van der Waals surface area contributed by atoms with Crippen LogP contribution in [0.5, 0.6) is 0 Å². The van der Waals surface area contributed by atoms with Crippen LogP contribution in [0.4, 0.5) is 5.69 Å². The van der Waals surface area contributed by atoms with Crippen molar-refractivity contribution < 1.29 is 0 Å². The van der Waals surface area contributed by atoms with Crippen molar-refractivity contribution in [1.29, 1.82) is 0 Å². The van der Waals surface area contributed by atoms with E-state index in [9.17, 15) is 0 Å². The van der Waals surface area contributed by atoms with Gasteiger partial charge in [-0.1, -0.05) is 22.4 Å². The molecule has 2 saturated heterocycles. The Morgan fingerprint density at radius 3 is 2.80 bits per heavy atom. The lowest BCUT2D eigenvalue weighted by Crippen LogP contribution is -2.55. The zero-order chi connectivity index (χ0) is 13.8. The lowest BCUT2D eigenvalue weighted by molar-refractivity contribution is 0.0515. The minimum atomic E-state index is 0.824. The van der Waals surface area contributed by atoms with E-state index in [-0.39, 0.29) is 0 Å². The zero-order valence-electron chi connectivity index (χ0n) is 12.0. The first-order chi connectivity index (χ1) is 9.81. The van der Waals surface area contributed by atoms with E-state index in [2.05, 4.69) is 55.3 Å².